The molecule has 0 aromatic carbocycles. The van der Waals surface area contributed by atoms with Gasteiger partial charge < -0.3 is 19.6 Å². The number of carbonyl (C=O) groups is 2. The van der Waals surface area contributed by atoms with Crippen LogP contribution in [0.5, 0.6) is 0 Å². The molecule has 2 aromatic rings. The lowest BCUT2D eigenvalue weighted by atomic mass is 10.1. The van der Waals surface area contributed by atoms with Crippen molar-refractivity contribution in [2.24, 2.45) is 0 Å². The SMILES string of the molecule is O=C(c1cc(Br)sn1)N1CCN2CCC1CC2.O=C(c1ccsn1)N1CCN2CCC1CC2. The van der Waals surface area contributed by atoms with E-state index in [-0.39, 0.29) is 11.8 Å². The molecule has 0 spiro atoms. The number of hydrogen-bond acceptors (Lipinski definition) is 8. The number of nitrogens with zero attached hydrogens (tertiary/aromatic N) is 6. The van der Waals surface area contributed by atoms with Crippen molar-refractivity contribution in [3.05, 3.63) is 32.7 Å². The van der Waals surface area contributed by atoms with E-state index in [9.17, 15) is 9.59 Å². The van der Waals surface area contributed by atoms with Crippen molar-refractivity contribution >= 4 is 50.8 Å². The van der Waals surface area contributed by atoms with E-state index in [4.69, 9.17) is 0 Å². The Morgan fingerprint density at radius 3 is 1.79 bits per heavy atom. The van der Waals surface area contributed by atoms with Crippen LogP contribution in [0.15, 0.2) is 21.3 Å². The molecule has 178 valence electrons. The number of aromatic nitrogens is 2. The van der Waals surface area contributed by atoms with Gasteiger partial charge in [0.15, 0.2) is 0 Å². The van der Waals surface area contributed by atoms with Gasteiger partial charge in [0.1, 0.15) is 11.4 Å². The zero-order chi connectivity index (χ0) is 22.8. The first-order chi connectivity index (χ1) is 16.1. The van der Waals surface area contributed by atoms with Gasteiger partial charge >= 0.3 is 0 Å². The monoisotopic (exact) mass is 552 g/mol. The smallest absolute Gasteiger partial charge is 0.273 e. The Hall–Kier alpha value is -1.40. The van der Waals surface area contributed by atoms with E-state index in [0.717, 1.165) is 81.8 Å². The van der Waals surface area contributed by atoms with E-state index in [1.54, 1.807) is 0 Å². The maximum atomic E-state index is 12.4. The minimum absolute atomic E-state index is 0.0979. The van der Waals surface area contributed by atoms with E-state index in [0.29, 0.717) is 23.5 Å². The number of fused-ring (bicyclic) bond motifs is 8. The molecule has 6 aliphatic rings. The van der Waals surface area contributed by atoms with Crippen molar-refractivity contribution in [2.45, 2.75) is 37.8 Å². The van der Waals surface area contributed by atoms with Crippen LogP contribution in [0.2, 0.25) is 0 Å². The van der Waals surface area contributed by atoms with E-state index in [1.807, 2.05) is 27.3 Å². The second-order valence-electron chi connectivity index (χ2n) is 9.04. The summed E-state index contributed by atoms with van der Waals surface area (Å²) >= 11 is 6.04. The molecule has 2 amide bonds. The first kappa shape index (κ1) is 23.3. The molecule has 6 fully saturated rings. The minimum atomic E-state index is 0.0979. The summed E-state index contributed by atoms with van der Waals surface area (Å²) in [5, 5.41) is 1.87. The van der Waals surface area contributed by atoms with Crippen molar-refractivity contribution in [1.29, 1.82) is 0 Å². The van der Waals surface area contributed by atoms with E-state index >= 15 is 0 Å². The molecule has 0 unspecified atom stereocenters. The Kier molecular flexibility index (Phi) is 7.41. The van der Waals surface area contributed by atoms with Crippen molar-refractivity contribution in [3.63, 3.8) is 0 Å². The summed E-state index contributed by atoms with van der Waals surface area (Å²) < 4.78 is 9.26. The molecule has 0 N–H and O–H groups in total. The fourth-order valence-corrected chi connectivity index (χ4v) is 6.70. The van der Waals surface area contributed by atoms with E-state index < -0.39 is 0 Å². The van der Waals surface area contributed by atoms with E-state index in [2.05, 4.69) is 34.5 Å². The third-order valence-electron chi connectivity index (χ3n) is 7.19. The van der Waals surface area contributed by atoms with E-state index in [1.165, 1.54) is 23.1 Å². The standard InChI is InChI=1S/C11H14BrN3OS.C11H15N3OS/c12-10-7-9(13-17-10)11(16)15-6-5-14-3-1-8(15)2-4-14;15-11(10-3-8-16-12-10)14-7-6-13-4-1-9(14)2-5-13/h7-8H,1-6H2;3,8-9H,1-2,4-7H2. The molecule has 6 saturated heterocycles. The summed E-state index contributed by atoms with van der Waals surface area (Å²) in [7, 11) is 0. The van der Waals surface area contributed by atoms with Gasteiger partial charge in [-0.25, -0.2) is 0 Å². The number of carbonyl (C=O) groups excluding carboxylic acids is 2. The maximum Gasteiger partial charge on any atom is 0.273 e. The average molecular weight is 554 g/mol. The number of piperidine rings is 2. The predicted octanol–water partition coefficient (Wildman–Crippen LogP) is 2.89. The Labute approximate surface area is 211 Å². The molecule has 0 aliphatic carbocycles. The second-order valence-corrected chi connectivity index (χ2v) is 11.9. The van der Waals surface area contributed by atoms with Crippen LogP contribution in [0.3, 0.4) is 0 Å². The molecule has 4 bridgehead atoms. The summed E-state index contributed by atoms with van der Waals surface area (Å²) in [4.78, 5) is 33.6. The predicted molar refractivity (Wildman–Crippen MR) is 133 cm³/mol. The van der Waals surface area contributed by atoms with Crippen LogP contribution in [0, 0.1) is 0 Å². The molecule has 33 heavy (non-hydrogen) atoms. The summed E-state index contributed by atoms with van der Waals surface area (Å²) in [5.41, 5.74) is 1.20. The normalized spacial score (nSPS) is 28.6. The number of hydrogen-bond donors (Lipinski definition) is 0. The molecular weight excluding hydrogens is 524 g/mol. The Bertz CT molecular complexity index is 954. The molecule has 8 nitrogen and oxygen atoms in total. The summed E-state index contributed by atoms with van der Waals surface area (Å²) in [5.74, 6) is 0.218. The largest absolute Gasteiger partial charge is 0.333 e. The zero-order valence-electron chi connectivity index (χ0n) is 18.6. The Balaban J connectivity index is 0.000000139. The molecule has 8 heterocycles. The van der Waals surface area contributed by atoms with Gasteiger partial charge in [-0.15, -0.1) is 0 Å². The van der Waals surface area contributed by atoms with Gasteiger partial charge in [-0.05, 0) is 76.8 Å². The summed E-state index contributed by atoms with van der Waals surface area (Å²) in [6.45, 7) is 8.29. The van der Waals surface area contributed by atoms with Gasteiger partial charge in [0.05, 0.1) is 3.79 Å². The molecule has 6 aliphatic heterocycles. The lowest BCUT2D eigenvalue weighted by molar-refractivity contribution is 0.0672. The highest BCUT2D eigenvalue weighted by Gasteiger charge is 2.34. The molecule has 0 saturated carbocycles. The third kappa shape index (κ3) is 5.32. The quantitative estimate of drug-likeness (QED) is 0.570. The molecule has 11 heteroatoms. The summed E-state index contributed by atoms with van der Waals surface area (Å²) in [6, 6.07) is 4.50. The van der Waals surface area contributed by atoms with Gasteiger partial charge in [0.25, 0.3) is 11.8 Å². The van der Waals surface area contributed by atoms with Crippen LogP contribution in [0.4, 0.5) is 0 Å². The molecular formula is C22H29BrN6O2S2. The van der Waals surface area contributed by atoms with Crippen molar-refractivity contribution < 1.29 is 9.59 Å². The van der Waals surface area contributed by atoms with Gasteiger partial charge in [0.2, 0.25) is 0 Å². The van der Waals surface area contributed by atoms with Crippen LogP contribution >= 0.6 is 39.0 Å². The van der Waals surface area contributed by atoms with Gasteiger partial charge in [-0.3, -0.25) is 9.59 Å². The average Bonchev–Trinajstić information content (AvgIpc) is 3.31. The van der Waals surface area contributed by atoms with Gasteiger partial charge in [-0.1, -0.05) is 0 Å². The van der Waals surface area contributed by atoms with Gasteiger partial charge in [0, 0.05) is 69.8 Å². The lowest BCUT2D eigenvalue weighted by Gasteiger charge is -2.30. The molecule has 2 aromatic heterocycles. The maximum absolute atomic E-state index is 12.4. The number of halogens is 1. The van der Waals surface area contributed by atoms with Gasteiger partial charge in [-0.2, -0.15) is 8.75 Å². The molecule has 8 rings (SSSR count). The molecule has 0 radical (unpaired) electrons. The minimum Gasteiger partial charge on any atom is -0.333 e. The van der Waals surface area contributed by atoms with Crippen molar-refractivity contribution in [1.82, 2.24) is 28.3 Å². The fourth-order valence-electron chi connectivity index (χ4n) is 5.28. The van der Waals surface area contributed by atoms with Crippen LogP contribution in [-0.4, -0.2) is 105 Å². The Morgan fingerprint density at radius 2 is 1.33 bits per heavy atom. The fraction of sp³-hybridized carbons (Fsp3) is 0.636. The van der Waals surface area contributed by atoms with Crippen LogP contribution in [0.1, 0.15) is 46.7 Å². The molecule has 0 atom stereocenters. The van der Waals surface area contributed by atoms with Crippen molar-refractivity contribution in [3.8, 4) is 0 Å². The zero-order valence-corrected chi connectivity index (χ0v) is 21.8. The first-order valence-corrected chi connectivity index (χ1v) is 14.1. The Morgan fingerprint density at radius 1 is 0.788 bits per heavy atom. The first-order valence-electron chi connectivity index (χ1n) is 11.7. The second kappa shape index (κ2) is 10.5. The van der Waals surface area contributed by atoms with Crippen LogP contribution in [0.25, 0.3) is 0 Å². The highest BCUT2D eigenvalue weighted by Crippen LogP contribution is 2.25. The van der Waals surface area contributed by atoms with Crippen LogP contribution in [-0.2, 0) is 0 Å². The topological polar surface area (TPSA) is 72.9 Å². The van der Waals surface area contributed by atoms with Crippen molar-refractivity contribution in [2.75, 3.05) is 52.4 Å². The highest BCUT2D eigenvalue weighted by atomic mass is 79.9. The third-order valence-corrected chi connectivity index (χ3v) is 8.99. The highest BCUT2D eigenvalue weighted by molar-refractivity contribution is 9.11. The lowest BCUT2D eigenvalue weighted by Crippen LogP contribution is -2.41. The summed E-state index contributed by atoms with van der Waals surface area (Å²) in [6.07, 6.45) is 4.46. The number of amides is 2. The van der Waals surface area contributed by atoms with Crippen LogP contribution < -0.4 is 0 Å². The number of rotatable bonds is 2.